The van der Waals surface area contributed by atoms with E-state index in [9.17, 15) is 0 Å². The zero-order chi connectivity index (χ0) is 21.7. The Morgan fingerprint density at radius 3 is 0.778 bits per heavy atom. The quantitative estimate of drug-likeness (QED) is 0.281. The average molecular weight is 399 g/mol. The van der Waals surface area contributed by atoms with Crippen molar-refractivity contribution in [2.45, 2.75) is 137 Å². The first-order valence-corrected chi connectivity index (χ1v) is 14.0. The molecule has 0 amide bonds. The second kappa shape index (κ2) is 10.3. The van der Waals surface area contributed by atoms with E-state index in [0.717, 1.165) is 0 Å². The molecular weight excluding hydrogens is 344 g/mol. The lowest BCUT2D eigenvalue weighted by molar-refractivity contribution is 0.156. The van der Waals surface area contributed by atoms with E-state index >= 15 is 0 Å². The van der Waals surface area contributed by atoms with Crippen LogP contribution < -0.4 is 0 Å². The fourth-order valence-electron chi connectivity index (χ4n) is 8.01. The summed E-state index contributed by atoms with van der Waals surface area (Å²) in [6, 6.07) is 0. The molecule has 164 valence electrons. The lowest BCUT2D eigenvalue weighted by Crippen LogP contribution is -2.70. The molecule has 2 heteroatoms. The molecule has 0 saturated heterocycles. The van der Waals surface area contributed by atoms with Crippen molar-refractivity contribution in [3.63, 3.8) is 0 Å². The van der Waals surface area contributed by atoms with E-state index < -0.39 is 8.32 Å². The molecule has 1 nitrogen and oxygen atoms in total. The van der Waals surface area contributed by atoms with Crippen molar-refractivity contribution in [3.8, 4) is 0 Å². The first kappa shape index (κ1) is 27.2. The van der Waals surface area contributed by atoms with Gasteiger partial charge in [0.2, 0.25) is 8.32 Å². The second-order valence-corrected chi connectivity index (χ2v) is 14.7. The summed E-state index contributed by atoms with van der Waals surface area (Å²) < 4.78 is 7.20. The van der Waals surface area contributed by atoms with Gasteiger partial charge in [-0.2, -0.15) is 0 Å². The van der Waals surface area contributed by atoms with Gasteiger partial charge in [-0.3, -0.25) is 0 Å². The van der Waals surface area contributed by atoms with Crippen LogP contribution in [0.3, 0.4) is 0 Å². The summed E-state index contributed by atoms with van der Waals surface area (Å²) in [6.45, 7) is 29.7. The molecular formula is C25H54OSi. The standard InChI is InChI=1S/C25H54OSi/c1-14-23(15-2,20(7)8)27(26-13,24(16-3,17-4)21(9)10)25(18-5,19-6)22(11)12/h20-22H,14-19H2,1-13H3. The second-order valence-electron chi connectivity index (χ2n) is 9.94. The van der Waals surface area contributed by atoms with Gasteiger partial charge in [0.1, 0.15) is 0 Å². The maximum Gasteiger partial charge on any atom is 0.211 e. The fraction of sp³-hybridized carbons (Fsp3) is 1.00. The van der Waals surface area contributed by atoms with Crippen LogP contribution >= 0.6 is 0 Å². The zero-order valence-corrected chi connectivity index (χ0v) is 22.4. The van der Waals surface area contributed by atoms with Crippen LogP contribution in [0, 0.1) is 17.8 Å². The summed E-state index contributed by atoms with van der Waals surface area (Å²) in [5.41, 5.74) is 0. The summed E-state index contributed by atoms with van der Waals surface area (Å²) >= 11 is 0. The topological polar surface area (TPSA) is 9.23 Å². The number of rotatable bonds is 13. The minimum Gasteiger partial charge on any atom is -0.418 e. The summed E-state index contributed by atoms with van der Waals surface area (Å²) in [7, 11) is -0.187. The SMILES string of the molecule is CCC(CC)(C(C)C)[Si](OC)(C(CC)(CC)C(C)C)C(CC)(CC)C(C)C. The lowest BCUT2D eigenvalue weighted by Gasteiger charge is -2.69. The van der Waals surface area contributed by atoms with Crippen LogP contribution in [-0.2, 0) is 4.43 Å². The van der Waals surface area contributed by atoms with Gasteiger partial charge in [0, 0.05) is 7.11 Å². The van der Waals surface area contributed by atoms with Crippen LogP contribution in [0.1, 0.15) is 122 Å². The average Bonchev–Trinajstić information content (AvgIpc) is 2.64. The largest absolute Gasteiger partial charge is 0.418 e. The minimum absolute atomic E-state index is 0.300. The molecule has 0 bridgehead atoms. The molecule has 0 fully saturated rings. The minimum atomic E-state index is -2.30. The molecule has 0 aliphatic rings. The summed E-state index contributed by atoms with van der Waals surface area (Å²) in [6.07, 6.45) is 7.44. The Balaban J connectivity index is 7.69. The third-order valence-electron chi connectivity index (χ3n) is 9.51. The molecule has 0 rings (SSSR count). The molecule has 27 heavy (non-hydrogen) atoms. The molecule has 0 aromatic heterocycles. The predicted octanol–water partition coefficient (Wildman–Crippen LogP) is 9.23. The number of hydrogen-bond donors (Lipinski definition) is 0. The van der Waals surface area contributed by atoms with Crippen LogP contribution in [0.5, 0.6) is 0 Å². The van der Waals surface area contributed by atoms with Gasteiger partial charge in [-0.25, -0.2) is 0 Å². The van der Waals surface area contributed by atoms with Crippen LogP contribution in [0.25, 0.3) is 0 Å². The van der Waals surface area contributed by atoms with Gasteiger partial charge in [0.25, 0.3) is 0 Å². The van der Waals surface area contributed by atoms with Gasteiger partial charge in [-0.05, 0) is 32.9 Å². The van der Waals surface area contributed by atoms with Gasteiger partial charge < -0.3 is 4.43 Å². The van der Waals surface area contributed by atoms with Gasteiger partial charge in [0.15, 0.2) is 0 Å². The zero-order valence-electron chi connectivity index (χ0n) is 21.4. The van der Waals surface area contributed by atoms with Crippen LogP contribution in [-0.4, -0.2) is 15.4 Å². The maximum atomic E-state index is 7.20. The Kier molecular flexibility index (Phi) is 10.3. The molecule has 0 heterocycles. The molecule has 0 aliphatic heterocycles. The molecule has 0 aromatic rings. The van der Waals surface area contributed by atoms with E-state index in [1.165, 1.54) is 38.5 Å². The van der Waals surface area contributed by atoms with Crippen molar-refractivity contribution in [3.05, 3.63) is 0 Å². The monoisotopic (exact) mass is 398 g/mol. The Hall–Kier alpha value is 0.177. The maximum absolute atomic E-state index is 7.20. The highest BCUT2D eigenvalue weighted by Gasteiger charge is 2.73. The summed E-state index contributed by atoms with van der Waals surface area (Å²) in [4.78, 5) is 0. The molecule has 0 saturated carbocycles. The first-order valence-electron chi connectivity index (χ1n) is 12.1. The van der Waals surface area contributed by atoms with Gasteiger partial charge >= 0.3 is 0 Å². The van der Waals surface area contributed by atoms with Crippen molar-refractivity contribution in [1.82, 2.24) is 0 Å². The molecule has 0 atom stereocenters. The molecule has 0 unspecified atom stereocenters. The van der Waals surface area contributed by atoms with Crippen molar-refractivity contribution in [2.24, 2.45) is 17.8 Å². The van der Waals surface area contributed by atoms with Gasteiger partial charge in [-0.15, -0.1) is 0 Å². The van der Waals surface area contributed by atoms with Gasteiger partial charge in [-0.1, -0.05) is 122 Å². The third-order valence-corrected chi connectivity index (χ3v) is 18.2. The van der Waals surface area contributed by atoms with Crippen molar-refractivity contribution in [1.29, 1.82) is 0 Å². The van der Waals surface area contributed by atoms with E-state index in [0.29, 0.717) is 32.9 Å². The Morgan fingerprint density at radius 2 is 0.704 bits per heavy atom. The Morgan fingerprint density at radius 1 is 0.519 bits per heavy atom. The Bertz CT molecular complexity index is 352. The predicted molar refractivity (Wildman–Crippen MR) is 127 cm³/mol. The molecule has 0 aromatic carbocycles. The number of hydrogen-bond acceptors (Lipinski definition) is 1. The highest BCUT2D eigenvalue weighted by atomic mass is 28.4. The van der Waals surface area contributed by atoms with Crippen LogP contribution in [0.15, 0.2) is 0 Å². The van der Waals surface area contributed by atoms with E-state index in [1.54, 1.807) is 0 Å². The van der Waals surface area contributed by atoms with E-state index in [2.05, 4.69) is 90.2 Å². The van der Waals surface area contributed by atoms with Crippen molar-refractivity contribution < 1.29 is 4.43 Å². The van der Waals surface area contributed by atoms with Crippen molar-refractivity contribution >= 4 is 8.32 Å². The molecule has 0 aliphatic carbocycles. The van der Waals surface area contributed by atoms with E-state index in [4.69, 9.17) is 4.43 Å². The summed E-state index contributed by atoms with van der Waals surface area (Å²) in [5.74, 6) is 1.93. The van der Waals surface area contributed by atoms with Crippen molar-refractivity contribution in [2.75, 3.05) is 7.11 Å². The van der Waals surface area contributed by atoms with Gasteiger partial charge in [0.05, 0.1) is 0 Å². The smallest absolute Gasteiger partial charge is 0.211 e. The van der Waals surface area contributed by atoms with E-state index in [1.807, 2.05) is 0 Å². The molecule has 0 radical (unpaired) electrons. The highest BCUT2D eigenvalue weighted by Crippen LogP contribution is 2.75. The molecule has 0 spiro atoms. The molecule has 0 N–H and O–H groups in total. The van der Waals surface area contributed by atoms with Crippen LogP contribution in [0.2, 0.25) is 15.1 Å². The first-order chi connectivity index (χ1) is 12.5. The van der Waals surface area contributed by atoms with Crippen LogP contribution in [0.4, 0.5) is 0 Å². The fourth-order valence-corrected chi connectivity index (χ4v) is 17.6. The Labute approximate surface area is 174 Å². The third kappa shape index (κ3) is 3.49. The van der Waals surface area contributed by atoms with E-state index in [-0.39, 0.29) is 0 Å². The normalized spacial score (nSPS) is 14.7. The summed E-state index contributed by atoms with van der Waals surface area (Å²) in [5, 5.41) is 0.900. The lowest BCUT2D eigenvalue weighted by atomic mass is 9.85. The highest BCUT2D eigenvalue weighted by molar-refractivity contribution is 6.83.